The molecule has 0 fully saturated rings. The Kier molecular flexibility index (Phi) is 5.03. The summed E-state index contributed by atoms with van der Waals surface area (Å²) in [5.41, 5.74) is 7.72. The van der Waals surface area contributed by atoms with Crippen molar-refractivity contribution >= 4 is 5.65 Å². The second-order valence-corrected chi connectivity index (χ2v) is 7.42. The molecular weight excluding hydrogens is 400 g/mol. The van der Waals surface area contributed by atoms with Gasteiger partial charge in [-0.2, -0.15) is 5.10 Å². The number of pyridine rings is 1. The van der Waals surface area contributed by atoms with Crippen molar-refractivity contribution < 1.29 is 9.47 Å². The lowest BCUT2D eigenvalue weighted by Crippen LogP contribution is -1.98. The zero-order valence-electron chi connectivity index (χ0n) is 18.1. The Bertz CT molecular complexity index is 1390. The Labute approximate surface area is 186 Å². The van der Waals surface area contributed by atoms with Crippen LogP contribution in [0.1, 0.15) is 5.69 Å². The first kappa shape index (κ1) is 19.8. The van der Waals surface area contributed by atoms with Crippen molar-refractivity contribution in [1.29, 1.82) is 0 Å². The minimum atomic E-state index is 0.667. The molecular formula is C26H22N4O2. The fourth-order valence-electron chi connectivity index (χ4n) is 3.88. The van der Waals surface area contributed by atoms with Gasteiger partial charge in [-0.15, -0.1) is 0 Å². The van der Waals surface area contributed by atoms with Crippen molar-refractivity contribution in [2.75, 3.05) is 14.2 Å². The number of aromatic nitrogens is 4. The molecule has 5 rings (SSSR count). The minimum absolute atomic E-state index is 0.667. The summed E-state index contributed by atoms with van der Waals surface area (Å²) in [6.45, 7) is 2.01. The van der Waals surface area contributed by atoms with Gasteiger partial charge in [-0.1, -0.05) is 30.3 Å². The standard InChI is InChI=1S/C26H22N4O2/c1-17-26(19-8-6-18(7-9-19)21-5-4-14-27-16-21)30-25(28-17)13-11-22(29-30)20-10-12-23(31-2)24(15-20)32-3/h4-16H,1-3H3. The number of rotatable bonds is 5. The van der Waals surface area contributed by atoms with Crippen LogP contribution < -0.4 is 9.47 Å². The Balaban J connectivity index is 1.58. The third kappa shape index (κ3) is 3.46. The highest BCUT2D eigenvalue weighted by Gasteiger charge is 2.14. The third-order valence-electron chi connectivity index (χ3n) is 5.48. The van der Waals surface area contributed by atoms with Gasteiger partial charge in [0.15, 0.2) is 17.1 Å². The molecule has 3 aromatic heterocycles. The van der Waals surface area contributed by atoms with E-state index in [4.69, 9.17) is 19.6 Å². The number of hydrogen-bond donors (Lipinski definition) is 0. The van der Waals surface area contributed by atoms with Gasteiger partial charge in [-0.3, -0.25) is 4.98 Å². The summed E-state index contributed by atoms with van der Waals surface area (Å²) < 4.78 is 12.7. The molecule has 3 heterocycles. The van der Waals surface area contributed by atoms with E-state index in [1.807, 2.05) is 54.0 Å². The van der Waals surface area contributed by atoms with Gasteiger partial charge in [0.05, 0.1) is 31.3 Å². The Morgan fingerprint density at radius 1 is 0.750 bits per heavy atom. The third-order valence-corrected chi connectivity index (χ3v) is 5.48. The molecule has 2 aromatic carbocycles. The fourth-order valence-corrected chi connectivity index (χ4v) is 3.88. The first-order chi connectivity index (χ1) is 15.7. The van der Waals surface area contributed by atoms with Crippen LogP contribution in [0.15, 0.2) is 79.1 Å². The van der Waals surface area contributed by atoms with Crippen LogP contribution in [0, 0.1) is 6.92 Å². The van der Waals surface area contributed by atoms with Crippen LogP contribution in [0.25, 0.3) is 39.3 Å². The van der Waals surface area contributed by atoms with E-state index in [2.05, 4.69) is 35.3 Å². The second kappa shape index (κ2) is 8.15. The highest BCUT2D eigenvalue weighted by atomic mass is 16.5. The predicted octanol–water partition coefficient (Wildman–Crippen LogP) is 5.45. The monoisotopic (exact) mass is 422 g/mol. The molecule has 0 aliphatic rings. The Hall–Kier alpha value is -4.19. The van der Waals surface area contributed by atoms with Gasteiger partial charge in [-0.05, 0) is 54.4 Å². The molecule has 0 spiro atoms. The average Bonchev–Trinajstić information content (AvgIpc) is 3.19. The Morgan fingerprint density at radius 3 is 2.22 bits per heavy atom. The summed E-state index contributed by atoms with van der Waals surface area (Å²) in [7, 11) is 3.26. The van der Waals surface area contributed by atoms with Gasteiger partial charge in [-0.25, -0.2) is 9.50 Å². The number of methoxy groups -OCH3 is 2. The molecule has 0 unspecified atom stereocenters. The van der Waals surface area contributed by atoms with E-state index in [1.165, 1.54) is 0 Å². The minimum Gasteiger partial charge on any atom is -0.493 e. The molecule has 0 radical (unpaired) electrons. The number of ether oxygens (including phenoxy) is 2. The van der Waals surface area contributed by atoms with Crippen molar-refractivity contribution in [2.24, 2.45) is 0 Å². The summed E-state index contributed by atoms with van der Waals surface area (Å²) in [6.07, 6.45) is 3.65. The van der Waals surface area contributed by atoms with E-state index in [-0.39, 0.29) is 0 Å². The van der Waals surface area contributed by atoms with Gasteiger partial charge in [0.25, 0.3) is 0 Å². The quantitative estimate of drug-likeness (QED) is 0.377. The summed E-state index contributed by atoms with van der Waals surface area (Å²) >= 11 is 0. The molecule has 0 saturated heterocycles. The maximum Gasteiger partial charge on any atom is 0.161 e. The van der Waals surface area contributed by atoms with Crippen LogP contribution in [0.5, 0.6) is 11.5 Å². The fraction of sp³-hybridized carbons (Fsp3) is 0.115. The normalized spacial score (nSPS) is 11.0. The molecule has 5 aromatic rings. The molecule has 0 saturated carbocycles. The summed E-state index contributed by atoms with van der Waals surface area (Å²) in [4.78, 5) is 8.92. The van der Waals surface area contributed by atoms with E-state index < -0.39 is 0 Å². The first-order valence-corrected chi connectivity index (χ1v) is 10.3. The summed E-state index contributed by atoms with van der Waals surface area (Å²) in [6, 6.07) is 22.1. The highest BCUT2D eigenvalue weighted by Crippen LogP contribution is 2.33. The topological polar surface area (TPSA) is 61.5 Å². The van der Waals surface area contributed by atoms with Gasteiger partial charge in [0.2, 0.25) is 0 Å². The van der Waals surface area contributed by atoms with Crippen LogP contribution in [0.3, 0.4) is 0 Å². The molecule has 6 heteroatoms. The predicted molar refractivity (Wildman–Crippen MR) is 125 cm³/mol. The van der Waals surface area contributed by atoms with Crippen molar-refractivity contribution in [3.05, 3.63) is 84.8 Å². The molecule has 0 bridgehead atoms. The maximum atomic E-state index is 5.45. The van der Waals surface area contributed by atoms with E-state index >= 15 is 0 Å². The lowest BCUT2D eigenvalue weighted by atomic mass is 10.0. The molecule has 0 aliphatic carbocycles. The largest absolute Gasteiger partial charge is 0.493 e. The summed E-state index contributed by atoms with van der Waals surface area (Å²) in [5, 5.41) is 4.90. The van der Waals surface area contributed by atoms with Crippen LogP contribution in [-0.2, 0) is 0 Å². The number of hydrogen-bond acceptors (Lipinski definition) is 5. The zero-order valence-corrected chi connectivity index (χ0v) is 18.1. The smallest absolute Gasteiger partial charge is 0.161 e. The van der Waals surface area contributed by atoms with E-state index in [0.29, 0.717) is 11.5 Å². The number of imidazole rings is 1. The number of fused-ring (bicyclic) bond motifs is 1. The van der Waals surface area contributed by atoms with Crippen LogP contribution in [-0.4, -0.2) is 33.8 Å². The number of benzene rings is 2. The molecule has 0 N–H and O–H groups in total. The number of aryl methyl sites for hydroxylation is 1. The van der Waals surface area contributed by atoms with E-state index in [0.717, 1.165) is 45.0 Å². The first-order valence-electron chi connectivity index (χ1n) is 10.3. The van der Waals surface area contributed by atoms with Gasteiger partial charge in [0, 0.05) is 23.5 Å². The molecule has 0 aliphatic heterocycles. The summed E-state index contributed by atoms with van der Waals surface area (Å²) in [5.74, 6) is 1.35. The molecule has 158 valence electrons. The SMILES string of the molecule is COc1ccc(-c2ccc3nc(C)c(-c4ccc(-c5cccnc5)cc4)n3n2)cc1OC. The Morgan fingerprint density at radius 2 is 1.50 bits per heavy atom. The lowest BCUT2D eigenvalue weighted by Gasteiger charge is -2.10. The highest BCUT2D eigenvalue weighted by molar-refractivity contribution is 5.72. The van der Waals surface area contributed by atoms with E-state index in [9.17, 15) is 0 Å². The van der Waals surface area contributed by atoms with Gasteiger partial charge in [0.1, 0.15) is 0 Å². The average molecular weight is 422 g/mol. The molecule has 6 nitrogen and oxygen atoms in total. The molecule has 0 amide bonds. The van der Waals surface area contributed by atoms with Crippen LogP contribution in [0.2, 0.25) is 0 Å². The molecule has 32 heavy (non-hydrogen) atoms. The van der Waals surface area contributed by atoms with Gasteiger partial charge >= 0.3 is 0 Å². The van der Waals surface area contributed by atoms with Crippen LogP contribution >= 0.6 is 0 Å². The zero-order chi connectivity index (χ0) is 22.1. The van der Waals surface area contributed by atoms with E-state index in [1.54, 1.807) is 20.4 Å². The number of nitrogens with zero attached hydrogens (tertiary/aromatic N) is 4. The van der Waals surface area contributed by atoms with Gasteiger partial charge < -0.3 is 9.47 Å². The van der Waals surface area contributed by atoms with Crippen molar-refractivity contribution in [3.8, 4) is 45.1 Å². The van der Waals surface area contributed by atoms with Crippen molar-refractivity contribution in [1.82, 2.24) is 19.6 Å². The lowest BCUT2D eigenvalue weighted by molar-refractivity contribution is 0.355. The maximum absolute atomic E-state index is 5.45. The second-order valence-electron chi connectivity index (χ2n) is 7.42. The van der Waals surface area contributed by atoms with Crippen LogP contribution in [0.4, 0.5) is 0 Å². The molecule has 0 atom stereocenters. The van der Waals surface area contributed by atoms with Crippen molar-refractivity contribution in [3.63, 3.8) is 0 Å². The van der Waals surface area contributed by atoms with Crippen molar-refractivity contribution in [2.45, 2.75) is 6.92 Å².